The molecule has 0 saturated carbocycles. The van der Waals surface area contributed by atoms with E-state index in [0.717, 1.165) is 99.8 Å². The van der Waals surface area contributed by atoms with E-state index in [9.17, 15) is 0 Å². The van der Waals surface area contributed by atoms with Crippen LogP contribution >= 0.6 is 0 Å². The van der Waals surface area contributed by atoms with Gasteiger partial charge < -0.3 is 0 Å². The lowest BCUT2D eigenvalue weighted by molar-refractivity contribution is 1.25. The van der Waals surface area contributed by atoms with E-state index >= 15 is 0 Å². The molecular formula is C44H30N4. The Bertz CT molecular complexity index is 2510. The van der Waals surface area contributed by atoms with Crippen LogP contribution in [0.1, 0.15) is 11.4 Å². The maximum Gasteiger partial charge on any atom is 0.0972 e. The predicted octanol–water partition coefficient (Wildman–Crippen LogP) is 11.2. The van der Waals surface area contributed by atoms with Gasteiger partial charge in [0.15, 0.2) is 0 Å². The zero-order valence-corrected chi connectivity index (χ0v) is 26.6. The Hall–Kier alpha value is -6.26. The minimum Gasteiger partial charge on any atom is -0.251 e. The number of hydrogen-bond acceptors (Lipinski definition) is 4. The molecule has 9 aromatic rings. The molecule has 48 heavy (non-hydrogen) atoms. The van der Waals surface area contributed by atoms with Gasteiger partial charge in [-0.1, -0.05) is 109 Å². The SMILES string of the molecule is Cc1ccc2ccc3ccc(-c4cccc(-c5ccc(-c6cccc(-c7ccc8ccc9ccc(C)nc9c8n7)c6)cc5)c4)nc3c2n1. The van der Waals surface area contributed by atoms with Crippen molar-refractivity contribution in [3.8, 4) is 44.8 Å². The Morgan fingerprint density at radius 3 is 1.04 bits per heavy atom. The highest BCUT2D eigenvalue weighted by Crippen LogP contribution is 2.32. The van der Waals surface area contributed by atoms with Crippen LogP contribution in [0.15, 0.2) is 146 Å². The van der Waals surface area contributed by atoms with Crippen molar-refractivity contribution < 1.29 is 0 Å². The maximum absolute atomic E-state index is 5.10. The van der Waals surface area contributed by atoms with Gasteiger partial charge in [0.1, 0.15) is 0 Å². The van der Waals surface area contributed by atoms with E-state index in [-0.39, 0.29) is 0 Å². The summed E-state index contributed by atoms with van der Waals surface area (Å²) >= 11 is 0. The van der Waals surface area contributed by atoms with Gasteiger partial charge in [0.2, 0.25) is 0 Å². The summed E-state index contributed by atoms with van der Waals surface area (Å²) in [4.78, 5) is 19.8. The van der Waals surface area contributed by atoms with Crippen molar-refractivity contribution in [3.05, 3.63) is 157 Å². The molecule has 0 amide bonds. The Morgan fingerprint density at radius 1 is 0.292 bits per heavy atom. The molecule has 226 valence electrons. The van der Waals surface area contributed by atoms with E-state index in [1.54, 1.807) is 0 Å². The van der Waals surface area contributed by atoms with E-state index < -0.39 is 0 Å². The summed E-state index contributed by atoms with van der Waals surface area (Å²) in [5.74, 6) is 0. The number of aryl methyl sites for hydroxylation is 2. The largest absolute Gasteiger partial charge is 0.251 e. The van der Waals surface area contributed by atoms with Crippen LogP contribution in [0.4, 0.5) is 0 Å². The molecule has 0 unspecified atom stereocenters. The first-order valence-corrected chi connectivity index (χ1v) is 16.2. The Balaban J connectivity index is 1.03. The molecule has 4 aromatic heterocycles. The third-order valence-electron chi connectivity index (χ3n) is 9.19. The van der Waals surface area contributed by atoms with Crippen LogP contribution in [0.3, 0.4) is 0 Å². The number of rotatable bonds is 4. The Morgan fingerprint density at radius 2 is 0.625 bits per heavy atom. The average Bonchev–Trinajstić information content (AvgIpc) is 3.14. The number of aromatic nitrogens is 4. The summed E-state index contributed by atoms with van der Waals surface area (Å²) in [6.07, 6.45) is 0. The quantitative estimate of drug-likeness (QED) is 0.185. The van der Waals surface area contributed by atoms with E-state index in [2.05, 4.69) is 133 Å². The van der Waals surface area contributed by atoms with Crippen molar-refractivity contribution >= 4 is 43.6 Å². The van der Waals surface area contributed by atoms with Crippen molar-refractivity contribution in [1.29, 1.82) is 0 Å². The molecule has 0 aliphatic carbocycles. The fraction of sp³-hybridized carbons (Fsp3) is 0.0455. The van der Waals surface area contributed by atoms with E-state index in [4.69, 9.17) is 19.9 Å². The van der Waals surface area contributed by atoms with Crippen LogP contribution in [0, 0.1) is 13.8 Å². The minimum absolute atomic E-state index is 0.935. The van der Waals surface area contributed by atoms with Crippen molar-refractivity contribution in [2.24, 2.45) is 0 Å². The fourth-order valence-corrected chi connectivity index (χ4v) is 6.62. The predicted molar refractivity (Wildman–Crippen MR) is 199 cm³/mol. The van der Waals surface area contributed by atoms with Crippen molar-refractivity contribution in [3.63, 3.8) is 0 Å². The lowest BCUT2D eigenvalue weighted by atomic mass is 9.97. The molecule has 0 saturated heterocycles. The summed E-state index contributed by atoms with van der Waals surface area (Å²) in [6, 6.07) is 51.3. The van der Waals surface area contributed by atoms with Crippen LogP contribution in [-0.4, -0.2) is 19.9 Å². The maximum atomic E-state index is 5.10. The molecule has 4 heterocycles. The zero-order valence-electron chi connectivity index (χ0n) is 26.6. The number of fused-ring (bicyclic) bond motifs is 6. The van der Waals surface area contributed by atoms with E-state index in [1.165, 1.54) is 0 Å². The number of benzene rings is 5. The van der Waals surface area contributed by atoms with Gasteiger partial charge in [-0.2, -0.15) is 0 Å². The Kier molecular flexibility index (Phi) is 6.54. The highest BCUT2D eigenvalue weighted by atomic mass is 14.8. The van der Waals surface area contributed by atoms with Crippen molar-refractivity contribution in [2.45, 2.75) is 13.8 Å². The molecule has 0 N–H and O–H groups in total. The second kappa shape index (κ2) is 11.2. The van der Waals surface area contributed by atoms with Gasteiger partial charge in [-0.3, -0.25) is 9.97 Å². The van der Waals surface area contributed by atoms with Crippen LogP contribution in [0.5, 0.6) is 0 Å². The molecule has 4 nitrogen and oxygen atoms in total. The second-order valence-electron chi connectivity index (χ2n) is 12.5. The molecule has 0 bridgehead atoms. The molecule has 9 rings (SSSR count). The summed E-state index contributed by atoms with van der Waals surface area (Å²) in [6.45, 7) is 4.05. The van der Waals surface area contributed by atoms with Gasteiger partial charge in [0.25, 0.3) is 0 Å². The molecule has 0 fully saturated rings. The summed E-state index contributed by atoms with van der Waals surface area (Å²) in [5.41, 5.74) is 14.4. The van der Waals surface area contributed by atoms with Gasteiger partial charge in [0, 0.05) is 44.1 Å². The molecule has 0 spiro atoms. The van der Waals surface area contributed by atoms with Crippen LogP contribution in [0.2, 0.25) is 0 Å². The summed E-state index contributed by atoms with van der Waals surface area (Å²) in [5, 5.41) is 4.40. The zero-order chi connectivity index (χ0) is 32.2. The number of nitrogens with zero attached hydrogens (tertiary/aromatic N) is 4. The molecular weight excluding hydrogens is 585 g/mol. The van der Waals surface area contributed by atoms with Gasteiger partial charge in [0.05, 0.1) is 33.5 Å². The normalized spacial score (nSPS) is 11.5. The van der Waals surface area contributed by atoms with Crippen LogP contribution in [0.25, 0.3) is 88.4 Å². The van der Waals surface area contributed by atoms with Gasteiger partial charge in [-0.15, -0.1) is 0 Å². The first-order chi connectivity index (χ1) is 23.6. The third kappa shape index (κ3) is 4.95. The minimum atomic E-state index is 0.935. The van der Waals surface area contributed by atoms with E-state index in [1.807, 2.05) is 26.0 Å². The lowest BCUT2D eigenvalue weighted by Gasteiger charge is -2.10. The van der Waals surface area contributed by atoms with Gasteiger partial charge in [-0.25, -0.2) is 9.97 Å². The lowest BCUT2D eigenvalue weighted by Crippen LogP contribution is -1.91. The highest BCUT2D eigenvalue weighted by Gasteiger charge is 2.11. The molecule has 4 heteroatoms. The standard InChI is InChI=1S/C44H30N4/c1-27-9-11-31-17-19-33-21-23-39(47-43(33)41(31)45-27)37-7-3-5-35(25-37)29-13-15-30(16-14-29)36-6-4-8-38(26-36)40-24-22-34-20-18-32-12-10-28(2)46-42(32)44(34)48-40/h3-26H,1-2H3. The molecule has 0 aliphatic heterocycles. The number of hydrogen-bond donors (Lipinski definition) is 0. The monoisotopic (exact) mass is 614 g/mol. The third-order valence-corrected chi connectivity index (χ3v) is 9.19. The Labute approximate surface area is 278 Å². The first-order valence-electron chi connectivity index (χ1n) is 16.2. The molecule has 5 aromatic carbocycles. The molecule has 0 aliphatic rings. The average molecular weight is 615 g/mol. The van der Waals surface area contributed by atoms with Crippen LogP contribution < -0.4 is 0 Å². The fourth-order valence-electron chi connectivity index (χ4n) is 6.62. The second-order valence-corrected chi connectivity index (χ2v) is 12.5. The van der Waals surface area contributed by atoms with Crippen molar-refractivity contribution in [1.82, 2.24) is 19.9 Å². The molecule has 0 atom stereocenters. The number of pyridine rings is 4. The topological polar surface area (TPSA) is 51.6 Å². The molecule has 0 radical (unpaired) electrons. The van der Waals surface area contributed by atoms with Gasteiger partial charge >= 0.3 is 0 Å². The summed E-state index contributed by atoms with van der Waals surface area (Å²) in [7, 11) is 0. The van der Waals surface area contributed by atoms with Crippen LogP contribution in [-0.2, 0) is 0 Å². The van der Waals surface area contributed by atoms with E-state index in [0.29, 0.717) is 0 Å². The highest BCUT2D eigenvalue weighted by molar-refractivity contribution is 6.04. The van der Waals surface area contributed by atoms with Gasteiger partial charge in [-0.05, 0) is 72.5 Å². The smallest absolute Gasteiger partial charge is 0.0972 e. The first kappa shape index (κ1) is 28.0. The van der Waals surface area contributed by atoms with Crippen molar-refractivity contribution in [2.75, 3.05) is 0 Å². The summed E-state index contributed by atoms with van der Waals surface area (Å²) < 4.78 is 0.